The van der Waals surface area contributed by atoms with Crippen molar-refractivity contribution in [2.75, 3.05) is 33.2 Å². The molecule has 1 amide bonds. The lowest BCUT2D eigenvalue weighted by Gasteiger charge is -2.36. The fourth-order valence-electron chi connectivity index (χ4n) is 4.54. The Hall–Kier alpha value is -4.36. The number of oxazole rings is 1. The van der Waals surface area contributed by atoms with Crippen LogP contribution in [0.1, 0.15) is 16.7 Å². The van der Waals surface area contributed by atoms with Crippen molar-refractivity contribution in [3.05, 3.63) is 77.1 Å². The van der Waals surface area contributed by atoms with E-state index in [1.165, 1.54) is 39.4 Å². The van der Waals surface area contributed by atoms with Gasteiger partial charge in [-0.25, -0.2) is 9.11 Å². The number of carbonyl (C=O) groups excluding carboxylic acids is 1. The highest BCUT2D eigenvalue weighted by Crippen LogP contribution is 2.40. The summed E-state index contributed by atoms with van der Waals surface area (Å²) >= 11 is 0. The van der Waals surface area contributed by atoms with Gasteiger partial charge in [-0.15, -0.1) is 0 Å². The fraction of sp³-hybridized carbons (Fsp3) is 0.286. The molecule has 0 saturated carbocycles. The number of hydrogen-bond donors (Lipinski definition) is 1. The van der Waals surface area contributed by atoms with Gasteiger partial charge in [-0.1, -0.05) is 18.2 Å². The number of aromatic nitrogens is 1. The number of anilines is 1. The first-order valence-electron chi connectivity index (χ1n) is 12.6. The maximum Gasteiger partial charge on any atom is 0.303 e. The van der Waals surface area contributed by atoms with Crippen molar-refractivity contribution >= 4 is 33.2 Å². The lowest BCUT2D eigenvalue weighted by atomic mass is 9.92. The second kappa shape index (κ2) is 11.3. The van der Waals surface area contributed by atoms with E-state index in [-0.39, 0.29) is 31.2 Å². The first-order chi connectivity index (χ1) is 19.6. The van der Waals surface area contributed by atoms with Crippen LogP contribution in [-0.2, 0) is 34.6 Å². The van der Waals surface area contributed by atoms with E-state index in [2.05, 4.69) is 9.71 Å². The van der Waals surface area contributed by atoms with Gasteiger partial charge in [-0.05, 0) is 41.5 Å². The van der Waals surface area contributed by atoms with Crippen LogP contribution in [-0.4, -0.2) is 58.0 Å². The third-order valence-corrected chi connectivity index (χ3v) is 8.22. The summed E-state index contributed by atoms with van der Waals surface area (Å²) in [6.07, 6.45) is 0.0480. The number of rotatable bonds is 9. The number of fused-ring (bicyclic) bond motifs is 2. The summed E-state index contributed by atoms with van der Waals surface area (Å²) in [7, 11) is 1.64. The van der Waals surface area contributed by atoms with Gasteiger partial charge in [0.2, 0.25) is 0 Å². The molecule has 0 radical (unpaired) electrons. The molecule has 1 aliphatic rings. The zero-order valence-corrected chi connectivity index (χ0v) is 23.7. The van der Waals surface area contributed by atoms with Crippen LogP contribution < -0.4 is 23.8 Å². The third-order valence-electron chi connectivity index (χ3n) is 6.80. The summed E-state index contributed by atoms with van der Waals surface area (Å²) in [5.41, 5.74) is 2.95. The molecular weight excluding hydrogens is 555 g/mol. The Morgan fingerprint density at radius 3 is 2.56 bits per heavy atom. The molecule has 4 aromatic rings. The molecule has 11 nitrogen and oxygen atoms in total. The lowest BCUT2D eigenvalue weighted by molar-refractivity contribution is -0.120. The minimum atomic E-state index is -4.09. The molecule has 2 heterocycles. The van der Waals surface area contributed by atoms with E-state index in [1.54, 1.807) is 18.1 Å². The summed E-state index contributed by atoms with van der Waals surface area (Å²) in [6.45, 7) is 0.344. The number of methoxy groups -OCH3 is 2. The van der Waals surface area contributed by atoms with Gasteiger partial charge < -0.3 is 23.5 Å². The van der Waals surface area contributed by atoms with Crippen molar-refractivity contribution in [3.8, 4) is 17.2 Å². The van der Waals surface area contributed by atoms with E-state index in [1.807, 2.05) is 30.3 Å². The summed E-state index contributed by atoms with van der Waals surface area (Å²) in [4.78, 5) is 19.5. The van der Waals surface area contributed by atoms with Crippen LogP contribution in [0.3, 0.4) is 0 Å². The third kappa shape index (κ3) is 5.77. The van der Waals surface area contributed by atoms with E-state index < -0.39 is 28.0 Å². The van der Waals surface area contributed by atoms with E-state index in [4.69, 9.17) is 18.6 Å². The van der Waals surface area contributed by atoms with E-state index in [0.717, 1.165) is 15.4 Å². The summed E-state index contributed by atoms with van der Waals surface area (Å²) in [5.74, 6) is 0.325. The highest BCUT2D eigenvalue weighted by Gasteiger charge is 2.38. The Bertz CT molecular complexity index is 1690. The van der Waals surface area contributed by atoms with Gasteiger partial charge in [-0.3, -0.25) is 4.79 Å². The van der Waals surface area contributed by atoms with E-state index >= 15 is 0 Å². The number of nitrogens with zero attached hydrogens (tertiary/aromatic N) is 3. The standard InChI is InChI=1S/C28H29FN4O7S/c1-32(2)41(35,36)31-27(34)23-14-21-18(15-33(23)28-30-22-11-8-19(29)13-25(22)40-28)7-12-24(38-4)26(21)39-16-17-5-9-20(37-3)10-6-17/h5-13,23H,14-16H2,1-4H3,(H,31,34)/t23-/m0/s1. The molecule has 216 valence electrons. The number of benzene rings is 3. The normalized spacial score (nSPS) is 15.1. The molecule has 1 aliphatic heterocycles. The van der Waals surface area contributed by atoms with Crippen LogP contribution >= 0.6 is 0 Å². The fourth-order valence-corrected chi connectivity index (χ4v) is 5.12. The zero-order valence-electron chi connectivity index (χ0n) is 22.9. The van der Waals surface area contributed by atoms with Crippen LogP contribution in [0.15, 0.2) is 59.0 Å². The smallest absolute Gasteiger partial charge is 0.303 e. The van der Waals surface area contributed by atoms with Gasteiger partial charge in [0.1, 0.15) is 29.7 Å². The number of nitrogens with one attached hydrogen (secondary N) is 1. The SMILES string of the molecule is COc1ccc(COc2c(OC)ccc3c2C[C@@H](C(=O)NS(=O)(=O)N(C)C)N(c2nc4ccc(F)cc4o2)C3)cc1. The molecule has 41 heavy (non-hydrogen) atoms. The quantitative estimate of drug-likeness (QED) is 0.315. The molecule has 3 aromatic carbocycles. The van der Waals surface area contributed by atoms with E-state index in [9.17, 15) is 17.6 Å². The van der Waals surface area contributed by atoms with Crippen molar-refractivity contribution in [2.45, 2.75) is 25.6 Å². The predicted octanol–water partition coefficient (Wildman–Crippen LogP) is 3.42. The predicted molar refractivity (Wildman–Crippen MR) is 149 cm³/mol. The highest BCUT2D eigenvalue weighted by atomic mass is 32.2. The summed E-state index contributed by atoms with van der Waals surface area (Å²) < 4.78 is 64.8. The van der Waals surface area contributed by atoms with Gasteiger partial charge in [-0.2, -0.15) is 17.7 Å². The average Bonchev–Trinajstić information content (AvgIpc) is 3.38. The maximum absolute atomic E-state index is 13.8. The minimum absolute atomic E-state index is 0.0480. The first-order valence-corrected chi connectivity index (χ1v) is 14.0. The molecule has 0 unspecified atom stereocenters. The first kappa shape index (κ1) is 28.2. The topological polar surface area (TPSA) is 123 Å². The molecule has 5 rings (SSSR count). The van der Waals surface area contributed by atoms with Crippen molar-refractivity contribution in [1.29, 1.82) is 0 Å². The summed E-state index contributed by atoms with van der Waals surface area (Å²) in [6, 6.07) is 13.9. The van der Waals surface area contributed by atoms with Crippen LogP contribution in [0.4, 0.5) is 10.4 Å². The average molecular weight is 585 g/mol. The minimum Gasteiger partial charge on any atom is -0.497 e. The van der Waals surface area contributed by atoms with Crippen molar-refractivity contribution in [2.24, 2.45) is 0 Å². The molecule has 13 heteroatoms. The zero-order chi connectivity index (χ0) is 29.3. The second-order valence-electron chi connectivity index (χ2n) is 9.58. The van der Waals surface area contributed by atoms with Crippen molar-refractivity contribution in [3.63, 3.8) is 0 Å². The van der Waals surface area contributed by atoms with Gasteiger partial charge in [0.25, 0.3) is 11.9 Å². The second-order valence-corrected chi connectivity index (χ2v) is 11.5. The molecular formula is C28H29FN4O7S. The van der Waals surface area contributed by atoms with Gasteiger partial charge in [0.15, 0.2) is 17.1 Å². The Kier molecular flexibility index (Phi) is 7.74. The number of ether oxygens (including phenoxy) is 3. The van der Waals surface area contributed by atoms with Crippen LogP contribution in [0.25, 0.3) is 11.1 Å². The monoisotopic (exact) mass is 584 g/mol. The molecule has 0 spiro atoms. The molecule has 0 aliphatic carbocycles. The Morgan fingerprint density at radius 1 is 1.12 bits per heavy atom. The Morgan fingerprint density at radius 2 is 1.88 bits per heavy atom. The molecule has 0 saturated heterocycles. The van der Waals surface area contributed by atoms with Crippen LogP contribution in [0, 0.1) is 5.82 Å². The number of halogens is 1. The Labute approximate surface area is 236 Å². The maximum atomic E-state index is 13.8. The number of hydrogen-bond acceptors (Lipinski definition) is 9. The van der Waals surface area contributed by atoms with Crippen molar-refractivity contribution in [1.82, 2.24) is 14.0 Å². The molecule has 1 atom stereocenters. The number of amides is 1. The number of carbonyl (C=O) groups is 1. The van der Waals surface area contributed by atoms with Crippen LogP contribution in [0.5, 0.6) is 17.2 Å². The van der Waals surface area contributed by atoms with Crippen molar-refractivity contribution < 1.29 is 36.2 Å². The van der Waals surface area contributed by atoms with Gasteiger partial charge in [0.05, 0.1) is 14.2 Å². The highest BCUT2D eigenvalue weighted by molar-refractivity contribution is 7.87. The molecule has 0 fully saturated rings. The molecule has 1 aromatic heterocycles. The van der Waals surface area contributed by atoms with Crippen LogP contribution in [0.2, 0.25) is 0 Å². The summed E-state index contributed by atoms with van der Waals surface area (Å²) in [5, 5.41) is 0. The van der Waals surface area contributed by atoms with Gasteiger partial charge >= 0.3 is 10.2 Å². The Balaban J connectivity index is 1.54. The largest absolute Gasteiger partial charge is 0.497 e. The van der Waals surface area contributed by atoms with E-state index in [0.29, 0.717) is 28.3 Å². The molecule has 1 N–H and O–H groups in total. The van der Waals surface area contributed by atoms with Gasteiger partial charge in [0, 0.05) is 38.7 Å². The molecule has 0 bridgehead atoms. The lowest BCUT2D eigenvalue weighted by Crippen LogP contribution is -2.53.